The number of carbonyl (C=O) groups excluding carboxylic acids is 1. The van der Waals surface area contributed by atoms with E-state index in [9.17, 15) is 4.79 Å². The first-order valence-corrected chi connectivity index (χ1v) is 6.87. The van der Waals surface area contributed by atoms with Crippen LogP contribution in [0.15, 0.2) is 0 Å². The third-order valence-corrected chi connectivity index (χ3v) is 3.83. The lowest BCUT2D eigenvalue weighted by atomic mass is 9.88. The van der Waals surface area contributed by atoms with Crippen molar-refractivity contribution >= 4 is 5.91 Å². The summed E-state index contributed by atoms with van der Waals surface area (Å²) in [7, 11) is 0. The van der Waals surface area contributed by atoms with Crippen molar-refractivity contribution < 1.29 is 4.79 Å². The van der Waals surface area contributed by atoms with Crippen LogP contribution in [-0.4, -0.2) is 37.0 Å². The molecule has 0 unspecified atom stereocenters. The summed E-state index contributed by atoms with van der Waals surface area (Å²) in [5.41, 5.74) is 0. The number of hydrogen-bond acceptors (Lipinski definition) is 2. The van der Waals surface area contributed by atoms with Gasteiger partial charge < -0.3 is 10.2 Å². The smallest absolute Gasteiger partial charge is 0.225 e. The summed E-state index contributed by atoms with van der Waals surface area (Å²) in [4.78, 5) is 14.4. The van der Waals surface area contributed by atoms with E-state index in [2.05, 4.69) is 10.2 Å². The third kappa shape index (κ3) is 3.21. The quantitative estimate of drug-likeness (QED) is 0.736. The molecule has 1 saturated carbocycles. The molecular formula is C13H24N2O. The van der Waals surface area contributed by atoms with Crippen molar-refractivity contribution in [1.82, 2.24) is 10.2 Å². The molecular weight excluding hydrogens is 200 g/mol. The normalized spacial score (nSPS) is 24.9. The Bertz CT molecular complexity index is 216. The molecule has 0 aromatic carbocycles. The van der Waals surface area contributed by atoms with Gasteiger partial charge in [0.05, 0.1) is 0 Å². The average Bonchev–Trinajstić information content (AvgIpc) is 2.29. The molecule has 1 saturated heterocycles. The molecule has 92 valence electrons. The lowest BCUT2D eigenvalue weighted by molar-refractivity contribution is -0.136. The average molecular weight is 224 g/mol. The van der Waals surface area contributed by atoms with Gasteiger partial charge >= 0.3 is 0 Å². The molecule has 3 nitrogen and oxygen atoms in total. The maximum Gasteiger partial charge on any atom is 0.225 e. The molecule has 2 aliphatic rings. The first-order chi connectivity index (χ1) is 7.88. The number of rotatable bonds is 1. The van der Waals surface area contributed by atoms with Crippen LogP contribution in [-0.2, 0) is 4.79 Å². The molecule has 0 bridgehead atoms. The molecule has 0 radical (unpaired) electrons. The molecule has 16 heavy (non-hydrogen) atoms. The van der Waals surface area contributed by atoms with Gasteiger partial charge in [0.2, 0.25) is 5.91 Å². The Morgan fingerprint density at radius 2 is 1.56 bits per heavy atom. The number of nitrogens with one attached hydrogen (secondary N) is 1. The first kappa shape index (κ1) is 11.9. The summed E-state index contributed by atoms with van der Waals surface area (Å²) >= 11 is 0. The van der Waals surface area contributed by atoms with Gasteiger partial charge in [-0.15, -0.1) is 0 Å². The molecule has 1 aliphatic carbocycles. The second-order valence-electron chi connectivity index (χ2n) is 5.12. The molecule has 0 spiro atoms. The predicted octanol–water partition coefficient (Wildman–Crippen LogP) is 1.78. The summed E-state index contributed by atoms with van der Waals surface area (Å²) in [6.07, 6.45) is 8.32. The van der Waals surface area contributed by atoms with Crippen molar-refractivity contribution in [2.75, 3.05) is 26.2 Å². The number of amides is 1. The fourth-order valence-corrected chi connectivity index (χ4v) is 2.85. The van der Waals surface area contributed by atoms with Gasteiger partial charge in [0.1, 0.15) is 0 Å². The number of nitrogens with zero attached hydrogens (tertiary/aromatic N) is 1. The first-order valence-electron chi connectivity index (χ1n) is 6.87. The Morgan fingerprint density at radius 3 is 2.19 bits per heavy atom. The highest BCUT2D eigenvalue weighted by atomic mass is 16.2. The molecule has 0 aromatic heterocycles. The topological polar surface area (TPSA) is 32.3 Å². The Kier molecular flexibility index (Phi) is 4.64. The van der Waals surface area contributed by atoms with Gasteiger partial charge in [-0.25, -0.2) is 0 Å². The van der Waals surface area contributed by atoms with Crippen molar-refractivity contribution in [2.45, 2.75) is 44.9 Å². The predicted molar refractivity (Wildman–Crippen MR) is 65.3 cm³/mol. The zero-order valence-electron chi connectivity index (χ0n) is 10.2. The lowest BCUT2D eigenvalue weighted by Gasteiger charge is -2.30. The van der Waals surface area contributed by atoms with Gasteiger partial charge in [-0.05, 0) is 38.8 Å². The highest BCUT2D eigenvalue weighted by molar-refractivity contribution is 5.78. The van der Waals surface area contributed by atoms with Crippen molar-refractivity contribution in [1.29, 1.82) is 0 Å². The molecule has 1 heterocycles. The van der Waals surface area contributed by atoms with Crippen molar-refractivity contribution in [3.63, 3.8) is 0 Å². The van der Waals surface area contributed by atoms with Crippen LogP contribution < -0.4 is 5.32 Å². The van der Waals surface area contributed by atoms with Crippen LogP contribution in [0.25, 0.3) is 0 Å². The summed E-state index contributed by atoms with van der Waals surface area (Å²) in [6, 6.07) is 0. The van der Waals surface area contributed by atoms with Crippen LogP contribution >= 0.6 is 0 Å². The Hall–Kier alpha value is -0.570. The fourth-order valence-electron chi connectivity index (χ4n) is 2.85. The molecule has 0 aromatic rings. The van der Waals surface area contributed by atoms with E-state index in [0.717, 1.165) is 51.9 Å². The second-order valence-corrected chi connectivity index (χ2v) is 5.12. The van der Waals surface area contributed by atoms with Crippen LogP contribution in [0.2, 0.25) is 0 Å². The molecule has 0 atom stereocenters. The maximum absolute atomic E-state index is 12.3. The molecule has 1 N–H and O–H groups in total. The standard InChI is InChI=1S/C13H24N2O/c16-13(12-6-2-1-3-7-12)15-10-4-8-14-9-5-11-15/h12,14H,1-11H2. The Labute approximate surface area is 98.6 Å². The summed E-state index contributed by atoms with van der Waals surface area (Å²) in [6.45, 7) is 4.05. The minimum absolute atomic E-state index is 0.348. The molecule has 2 fully saturated rings. The molecule has 3 heteroatoms. The molecule has 1 aliphatic heterocycles. The number of carbonyl (C=O) groups is 1. The highest BCUT2D eigenvalue weighted by Gasteiger charge is 2.25. The van der Waals surface area contributed by atoms with Crippen molar-refractivity contribution in [2.24, 2.45) is 5.92 Å². The van der Waals surface area contributed by atoms with E-state index in [1.807, 2.05) is 0 Å². The van der Waals surface area contributed by atoms with Crippen LogP contribution in [0.4, 0.5) is 0 Å². The Morgan fingerprint density at radius 1 is 0.938 bits per heavy atom. The van der Waals surface area contributed by atoms with E-state index < -0.39 is 0 Å². The Balaban J connectivity index is 1.85. The van der Waals surface area contributed by atoms with Crippen LogP contribution in [0.1, 0.15) is 44.9 Å². The van der Waals surface area contributed by atoms with E-state index in [1.54, 1.807) is 0 Å². The summed E-state index contributed by atoms with van der Waals surface area (Å²) in [5, 5.41) is 3.39. The summed E-state index contributed by atoms with van der Waals surface area (Å²) in [5.74, 6) is 0.794. The third-order valence-electron chi connectivity index (χ3n) is 3.83. The minimum atomic E-state index is 0.348. The van der Waals surface area contributed by atoms with Gasteiger partial charge in [-0.1, -0.05) is 19.3 Å². The SMILES string of the molecule is O=C(C1CCCCC1)N1CCCNCCC1. The van der Waals surface area contributed by atoms with Crippen LogP contribution in [0.3, 0.4) is 0 Å². The van der Waals surface area contributed by atoms with Gasteiger partial charge in [-0.2, -0.15) is 0 Å². The lowest BCUT2D eigenvalue weighted by Crippen LogP contribution is -2.41. The van der Waals surface area contributed by atoms with Crippen LogP contribution in [0, 0.1) is 5.92 Å². The van der Waals surface area contributed by atoms with E-state index in [4.69, 9.17) is 0 Å². The van der Waals surface area contributed by atoms with E-state index in [0.29, 0.717) is 11.8 Å². The summed E-state index contributed by atoms with van der Waals surface area (Å²) < 4.78 is 0. The van der Waals surface area contributed by atoms with Crippen molar-refractivity contribution in [3.05, 3.63) is 0 Å². The van der Waals surface area contributed by atoms with E-state index >= 15 is 0 Å². The maximum atomic E-state index is 12.3. The van der Waals surface area contributed by atoms with E-state index in [1.165, 1.54) is 19.3 Å². The fraction of sp³-hybridized carbons (Fsp3) is 0.923. The van der Waals surface area contributed by atoms with Gasteiger partial charge in [0.25, 0.3) is 0 Å². The minimum Gasteiger partial charge on any atom is -0.342 e. The molecule has 1 amide bonds. The van der Waals surface area contributed by atoms with E-state index in [-0.39, 0.29) is 0 Å². The largest absolute Gasteiger partial charge is 0.342 e. The zero-order chi connectivity index (χ0) is 11.2. The van der Waals surface area contributed by atoms with Gasteiger partial charge in [0, 0.05) is 19.0 Å². The number of hydrogen-bond donors (Lipinski definition) is 1. The van der Waals surface area contributed by atoms with Crippen molar-refractivity contribution in [3.8, 4) is 0 Å². The van der Waals surface area contributed by atoms with Crippen LogP contribution in [0.5, 0.6) is 0 Å². The highest BCUT2D eigenvalue weighted by Crippen LogP contribution is 2.25. The second kappa shape index (κ2) is 6.24. The monoisotopic (exact) mass is 224 g/mol. The molecule has 2 rings (SSSR count). The van der Waals surface area contributed by atoms with Gasteiger partial charge in [0.15, 0.2) is 0 Å². The zero-order valence-corrected chi connectivity index (χ0v) is 10.2. The van der Waals surface area contributed by atoms with Gasteiger partial charge in [-0.3, -0.25) is 4.79 Å².